The van der Waals surface area contributed by atoms with Crippen molar-refractivity contribution in [3.63, 3.8) is 0 Å². The monoisotopic (exact) mass is 442 g/mol. The van der Waals surface area contributed by atoms with Crippen LogP contribution in [-0.2, 0) is 4.79 Å². The molecule has 11 heteroatoms. The number of halogens is 4. The zero-order chi connectivity index (χ0) is 21.9. The lowest BCUT2D eigenvalue weighted by Gasteiger charge is -2.18. The van der Waals surface area contributed by atoms with Crippen LogP contribution in [0.3, 0.4) is 0 Å². The predicted octanol–water partition coefficient (Wildman–Crippen LogP) is 3.81. The van der Waals surface area contributed by atoms with E-state index in [1.165, 1.54) is 5.57 Å². The standard InChI is InChI=1S/C17H17ClN4O.C2HF3O2/c18-14-15(12-3-4-12)21-22-16(14)17(23)20-13-5-1-10(2-6-13)7-11-8-19-9-11;3-2(4,5)1(6)7/h1-2,5-7,12,19H,3-4,8-9H2,(H,20,23)(H,21,22);(H,6,7). The Morgan fingerprint density at radius 2 is 1.80 bits per heavy atom. The number of alkyl halides is 3. The van der Waals surface area contributed by atoms with Crippen LogP contribution in [0.4, 0.5) is 18.9 Å². The number of carbonyl (C=O) groups is 2. The summed E-state index contributed by atoms with van der Waals surface area (Å²) < 4.78 is 31.7. The predicted molar refractivity (Wildman–Crippen MR) is 105 cm³/mol. The Morgan fingerprint density at radius 3 is 2.27 bits per heavy atom. The lowest BCUT2D eigenvalue weighted by Crippen LogP contribution is -2.33. The number of hydrogen-bond donors (Lipinski definition) is 4. The highest BCUT2D eigenvalue weighted by atomic mass is 35.5. The number of aliphatic carboxylic acids is 1. The SMILES string of the molecule is O=C(Nc1ccc(C=C2CNC2)cc1)c1n[nH]c(C2CC2)c1Cl.O=C(O)C(F)(F)F. The molecular formula is C19H18ClF3N4O3. The molecule has 2 aromatic rings. The Hall–Kier alpha value is -2.85. The third-order valence-corrected chi connectivity index (χ3v) is 4.80. The van der Waals surface area contributed by atoms with E-state index < -0.39 is 12.1 Å². The minimum atomic E-state index is -5.08. The van der Waals surface area contributed by atoms with Gasteiger partial charge in [-0.05, 0) is 36.1 Å². The van der Waals surface area contributed by atoms with Crippen molar-refractivity contribution in [3.05, 3.63) is 51.8 Å². The minimum Gasteiger partial charge on any atom is -0.475 e. The Morgan fingerprint density at radius 1 is 1.20 bits per heavy atom. The van der Waals surface area contributed by atoms with Crippen LogP contribution in [0.15, 0.2) is 29.8 Å². The number of anilines is 1. The van der Waals surface area contributed by atoms with Crippen LogP contribution in [0.1, 0.15) is 40.5 Å². The average molecular weight is 443 g/mol. The molecule has 2 heterocycles. The molecule has 4 N–H and O–H groups in total. The second kappa shape index (κ2) is 8.88. The van der Waals surface area contributed by atoms with Gasteiger partial charge < -0.3 is 15.7 Å². The third kappa shape index (κ3) is 5.61. The van der Waals surface area contributed by atoms with Crippen molar-refractivity contribution in [3.8, 4) is 0 Å². The van der Waals surface area contributed by atoms with Crippen LogP contribution in [0.2, 0.25) is 5.02 Å². The summed E-state index contributed by atoms with van der Waals surface area (Å²) in [5, 5.41) is 20.6. The fourth-order valence-electron chi connectivity index (χ4n) is 2.59. The highest BCUT2D eigenvalue weighted by Crippen LogP contribution is 2.42. The second-order valence-electron chi connectivity index (χ2n) is 6.86. The van der Waals surface area contributed by atoms with Crippen molar-refractivity contribution in [2.45, 2.75) is 24.9 Å². The van der Waals surface area contributed by atoms with Crippen molar-refractivity contribution in [1.82, 2.24) is 15.5 Å². The van der Waals surface area contributed by atoms with Crippen molar-refractivity contribution in [2.75, 3.05) is 18.4 Å². The van der Waals surface area contributed by atoms with Crippen molar-refractivity contribution >= 4 is 35.2 Å². The number of amides is 1. The lowest BCUT2D eigenvalue weighted by molar-refractivity contribution is -0.192. The lowest BCUT2D eigenvalue weighted by atomic mass is 10.1. The smallest absolute Gasteiger partial charge is 0.475 e. The van der Waals surface area contributed by atoms with Gasteiger partial charge in [0.05, 0.1) is 10.7 Å². The first-order valence-corrected chi connectivity index (χ1v) is 9.38. The fourth-order valence-corrected chi connectivity index (χ4v) is 2.92. The van der Waals surface area contributed by atoms with Gasteiger partial charge in [0.1, 0.15) is 0 Å². The van der Waals surface area contributed by atoms with E-state index in [9.17, 15) is 18.0 Å². The van der Waals surface area contributed by atoms with Gasteiger partial charge in [-0.3, -0.25) is 9.89 Å². The first kappa shape index (κ1) is 21.8. The van der Waals surface area contributed by atoms with Crippen LogP contribution in [0.25, 0.3) is 6.08 Å². The molecule has 1 saturated carbocycles. The number of benzene rings is 1. The summed E-state index contributed by atoms with van der Waals surface area (Å²) in [4.78, 5) is 21.2. The Bertz CT molecular complexity index is 960. The Balaban J connectivity index is 0.000000318. The number of carboxylic acid groups (broad SMARTS) is 1. The Labute approximate surface area is 174 Å². The molecule has 0 bridgehead atoms. The van der Waals surface area contributed by atoms with E-state index in [4.69, 9.17) is 21.5 Å². The van der Waals surface area contributed by atoms with E-state index >= 15 is 0 Å². The van der Waals surface area contributed by atoms with E-state index in [1.54, 1.807) is 0 Å². The summed E-state index contributed by atoms with van der Waals surface area (Å²) >= 11 is 6.26. The van der Waals surface area contributed by atoms with Crippen molar-refractivity contribution in [1.29, 1.82) is 0 Å². The van der Waals surface area contributed by atoms with Gasteiger partial charge in [0, 0.05) is 24.7 Å². The van der Waals surface area contributed by atoms with Crippen molar-refractivity contribution < 1.29 is 27.9 Å². The maximum atomic E-state index is 12.3. The number of hydrogen-bond acceptors (Lipinski definition) is 4. The molecule has 7 nitrogen and oxygen atoms in total. The summed E-state index contributed by atoms with van der Waals surface area (Å²) in [6.07, 6.45) is -0.709. The van der Waals surface area contributed by atoms with Crippen LogP contribution in [0.5, 0.6) is 0 Å². The molecule has 1 aliphatic heterocycles. The summed E-state index contributed by atoms with van der Waals surface area (Å²) in [6.45, 7) is 1.92. The van der Waals surface area contributed by atoms with Gasteiger partial charge in [-0.1, -0.05) is 29.8 Å². The van der Waals surface area contributed by atoms with E-state index in [-0.39, 0.29) is 11.6 Å². The van der Waals surface area contributed by atoms with E-state index in [1.807, 2.05) is 24.3 Å². The molecule has 0 radical (unpaired) electrons. The van der Waals surface area contributed by atoms with Crippen LogP contribution >= 0.6 is 11.6 Å². The number of aromatic amines is 1. The normalized spacial score (nSPS) is 15.5. The molecule has 1 saturated heterocycles. The van der Waals surface area contributed by atoms with E-state index in [0.29, 0.717) is 10.9 Å². The van der Waals surface area contributed by atoms with E-state index in [2.05, 4.69) is 26.9 Å². The summed E-state index contributed by atoms with van der Waals surface area (Å²) in [5.41, 5.74) is 4.40. The zero-order valence-corrected chi connectivity index (χ0v) is 16.3. The van der Waals surface area contributed by atoms with E-state index in [0.717, 1.165) is 42.9 Å². The number of carbonyl (C=O) groups excluding carboxylic acids is 1. The molecule has 2 fully saturated rings. The largest absolute Gasteiger partial charge is 0.490 e. The molecule has 160 valence electrons. The van der Waals surface area contributed by atoms with Crippen LogP contribution in [-0.4, -0.2) is 46.4 Å². The van der Waals surface area contributed by atoms with Crippen molar-refractivity contribution in [2.24, 2.45) is 0 Å². The fraction of sp³-hybridized carbons (Fsp3) is 0.316. The third-order valence-electron chi connectivity index (χ3n) is 4.42. The quantitative estimate of drug-likeness (QED) is 0.576. The van der Waals surface area contributed by atoms with Gasteiger partial charge in [-0.25, -0.2) is 4.79 Å². The molecule has 0 unspecified atom stereocenters. The van der Waals surface area contributed by atoms with Gasteiger partial charge in [0.25, 0.3) is 5.91 Å². The summed E-state index contributed by atoms with van der Waals surface area (Å²) in [6, 6.07) is 7.75. The number of H-pyrrole nitrogens is 1. The molecule has 2 aliphatic rings. The van der Waals surface area contributed by atoms with Gasteiger partial charge in [-0.15, -0.1) is 0 Å². The average Bonchev–Trinajstić information content (AvgIpc) is 3.41. The maximum absolute atomic E-state index is 12.3. The highest BCUT2D eigenvalue weighted by molar-refractivity contribution is 6.34. The maximum Gasteiger partial charge on any atom is 0.490 e. The van der Waals surface area contributed by atoms with Crippen LogP contribution in [0, 0.1) is 0 Å². The van der Waals surface area contributed by atoms with Gasteiger partial charge >= 0.3 is 12.1 Å². The second-order valence-corrected chi connectivity index (χ2v) is 7.24. The minimum absolute atomic E-state index is 0.264. The number of nitrogens with zero attached hydrogens (tertiary/aromatic N) is 1. The number of carboxylic acids is 1. The summed E-state index contributed by atoms with van der Waals surface area (Å²) in [7, 11) is 0. The number of nitrogens with one attached hydrogen (secondary N) is 3. The molecule has 1 aliphatic carbocycles. The molecule has 1 aromatic carbocycles. The molecule has 4 rings (SSSR count). The molecule has 0 spiro atoms. The number of rotatable bonds is 4. The number of aromatic nitrogens is 2. The topological polar surface area (TPSA) is 107 Å². The molecule has 1 amide bonds. The highest BCUT2D eigenvalue weighted by Gasteiger charge is 2.38. The first-order chi connectivity index (χ1) is 14.1. The molecular weight excluding hydrogens is 425 g/mol. The van der Waals surface area contributed by atoms with Crippen LogP contribution < -0.4 is 10.6 Å². The summed E-state index contributed by atoms with van der Waals surface area (Å²) in [5.74, 6) is -2.61. The van der Waals surface area contributed by atoms with Gasteiger partial charge in [-0.2, -0.15) is 18.3 Å². The molecule has 1 aromatic heterocycles. The first-order valence-electron chi connectivity index (χ1n) is 9.00. The molecule has 0 atom stereocenters. The zero-order valence-electron chi connectivity index (χ0n) is 15.5. The van der Waals surface area contributed by atoms with Gasteiger partial charge in [0.2, 0.25) is 0 Å². The Kier molecular flexibility index (Phi) is 6.47. The molecule has 30 heavy (non-hydrogen) atoms. The van der Waals surface area contributed by atoms with Gasteiger partial charge in [0.15, 0.2) is 5.69 Å².